The van der Waals surface area contributed by atoms with Gasteiger partial charge in [0.05, 0.1) is 10.7 Å². The van der Waals surface area contributed by atoms with E-state index in [0.717, 1.165) is 5.69 Å². The molecular weight excluding hydrogens is 219 g/mol. The fourth-order valence-electron chi connectivity index (χ4n) is 0.985. The number of nitrogens with two attached hydrogens (primary N) is 1. The highest BCUT2D eigenvalue weighted by Gasteiger charge is 2.09. The van der Waals surface area contributed by atoms with Gasteiger partial charge >= 0.3 is 0 Å². The summed E-state index contributed by atoms with van der Waals surface area (Å²) in [6, 6.07) is 5.53. The summed E-state index contributed by atoms with van der Waals surface area (Å²) in [4.78, 5) is 0. The molecule has 0 amide bonds. The highest BCUT2D eigenvalue weighted by Crippen LogP contribution is 2.26. The fraction of sp³-hybridized carbons (Fsp3) is 0.400. The maximum absolute atomic E-state index is 5.98. The van der Waals surface area contributed by atoms with Crippen LogP contribution >= 0.6 is 23.2 Å². The molecule has 1 rings (SSSR count). The van der Waals surface area contributed by atoms with Crippen LogP contribution in [0.15, 0.2) is 18.2 Å². The zero-order chi connectivity index (χ0) is 10.7. The van der Waals surface area contributed by atoms with Crippen LogP contribution in [0.25, 0.3) is 0 Å². The summed E-state index contributed by atoms with van der Waals surface area (Å²) in [7, 11) is 0. The van der Waals surface area contributed by atoms with E-state index in [-0.39, 0.29) is 12.1 Å². The van der Waals surface area contributed by atoms with Gasteiger partial charge in [-0.3, -0.25) is 0 Å². The molecule has 0 saturated heterocycles. The summed E-state index contributed by atoms with van der Waals surface area (Å²) in [6.45, 7) is 3.94. The number of nitrogens with one attached hydrogen (secondary N) is 1. The van der Waals surface area contributed by atoms with E-state index < -0.39 is 0 Å². The van der Waals surface area contributed by atoms with E-state index >= 15 is 0 Å². The minimum absolute atomic E-state index is 0.0602. The lowest BCUT2D eigenvalue weighted by molar-refractivity contribution is 0.638. The monoisotopic (exact) mass is 232 g/mol. The maximum Gasteiger partial charge on any atom is 0.0638 e. The molecule has 0 aliphatic heterocycles. The Morgan fingerprint density at radius 3 is 2.50 bits per heavy atom. The first-order chi connectivity index (χ1) is 6.50. The summed E-state index contributed by atoms with van der Waals surface area (Å²) in [6.07, 6.45) is 0. The Bertz CT molecular complexity index is 313. The maximum atomic E-state index is 5.98. The predicted molar refractivity (Wildman–Crippen MR) is 63.2 cm³/mol. The minimum Gasteiger partial charge on any atom is -0.380 e. The van der Waals surface area contributed by atoms with Gasteiger partial charge in [-0.25, -0.2) is 0 Å². The Morgan fingerprint density at radius 1 is 1.29 bits per heavy atom. The number of halogens is 2. The largest absolute Gasteiger partial charge is 0.380 e. The van der Waals surface area contributed by atoms with Crippen molar-refractivity contribution in [2.45, 2.75) is 25.9 Å². The smallest absolute Gasteiger partial charge is 0.0638 e. The lowest BCUT2D eigenvalue weighted by Gasteiger charge is -2.19. The van der Waals surface area contributed by atoms with Crippen LogP contribution in [-0.2, 0) is 0 Å². The Labute approximate surface area is 94.4 Å². The average Bonchev–Trinajstić information content (AvgIpc) is 2.11. The zero-order valence-electron chi connectivity index (χ0n) is 8.22. The number of anilines is 1. The van der Waals surface area contributed by atoms with Crippen LogP contribution < -0.4 is 11.1 Å². The van der Waals surface area contributed by atoms with Gasteiger partial charge in [-0.05, 0) is 32.0 Å². The molecule has 1 aromatic carbocycles. The van der Waals surface area contributed by atoms with Crippen molar-refractivity contribution in [3.63, 3.8) is 0 Å². The first kappa shape index (κ1) is 11.6. The molecule has 3 N–H and O–H groups in total. The number of hydrogen-bond donors (Lipinski definition) is 2. The van der Waals surface area contributed by atoms with Gasteiger partial charge in [0.15, 0.2) is 0 Å². The summed E-state index contributed by atoms with van der Waals surface area (Å²) in [5, 5.41) is 4.52. The summed E-state index contributed by atoms with van der Waals surface area (Å²) in [5.74, 6) is 0. The standard InChI is InChI=1S/C10H14Cl2N2/c1-6(13)7(2)14-10-5-8(11)3-4-9(10)12/h3-7,14H,13H2,1-2H3. The van der Waals surface area contributed by atoms with Gasteiger partial charge in [0.1, 0.15) is 0 Å². The minimum atomic E-state index is 0.0602. The molecule has 14 heavy (non-hydrogen) atoms. The van der Waals surface area contributed by atoms with Crippen molar-refractivity contribution in [2.75, 3.05) is 5.32 Å². The predicted octanol–water partition coefficient (Wildman–Crippen LogP) is 3.14. The zero-order valence-corrected chi connectivity index (χ0v) is 9.73. The van der Waals surface area contributed by atoms with Crippen molar-refractivity contribution < 1.29 is 0 Å². The van der Waals surface area contributed by atoms with Gasteiger partial charge in [0, 0.05) is 17.1 Å². The second kappa shape index (κ2) is 4.87. The van der Waals surface area contributed by atoms with Gasteiger partial charge in [0.2, 0.25) is 0 Å². The van der Waals surface area contributed by atoms with Crippen molar-refractivity contribution in [2.24, 2.45) is 5.73 Å². The van der Waals surface area contributed by atoms with Crippen molar-refractivity contribution in [1.29, 1.82) is 0 Å². The average molecular weight is 233 g/mol. The second-order valence-corrected chi connectivity index (χ2v) is 4.26. The molecule has 0 bridgehead atoms. The van der Waals surface area contributed by atoms with E-state index in [9.17, 15) is 0 Å². The van der Waals surface area contributed by atoms with Crippen molar-refractivity contribution in [3.05, 3.63) is 28.2 Å². The van der Waals surface area contributed by atoms with Gasteiger partial charge in [0.25, 0.3) is 0 Å². The van der Waals surface area contributed by atoms with Gasteiger partial charge in [-0.1, -0.05) is 23.2 Å². The second-order valence-electron chi connectivity index (χ2n) is 3.42. The Balaban J connectivity index is 2.80. The topological polar surface area (TPSA) is 38.0 Å². The van der Waals surface area contributed by atoms with E-state index in [1.165, 1.54) is 0 Å². The Morgan fingerprint density at radius 2 is 1.93 bits per heavy atom. The van der Waals surface area contributed by atoms with E-state index in [2.05, 4.69) is 5.32 Å². The van der Waals surface area contributed by atoms with Crippen LogP contribution in [-0.4, -0.2) is 12.1 Å². The van der Waals surface area contributed by atoms with Crippen LogP contribution in [0.3, 0.4) is 0 Å². The molecule has 4 heteroatoms. The first-order valence-corrected chi connectivity index (χ1v) is 5.23. The molecular formula is C10H14Cl2N2. The van der Waals surface area contributed by atoms with Crippen molar-refractivity contribution in [1.82, 2.24) is 0 Å². The molecule has 0 aliphatic rings. The molecule has 0 fully saturated rings. The Kier molecular flexibility index (Phi) is 4.05. The van der Waals surface area contributed by atoms with Gasteiger partial charge in [-0.2, -0.15) is 0 Å². The number of hydrogen-bond acceptors (Lipinski definition) is 2. The van der Waals surface area contributed by atoms with E-state index in [1.54, 1.807) is 18.2 Å². The quantitative estimate of drug-likeness (QED) is 0.841. The third-order valence-corrected chi connectivity index (χ3v) is 2.66. The summed E-state index contributed by atoms with van der Waals surface area (Å²) < 4.78 is 0. The molecule has 1 aromatic rings. The summed E-state index contributed by atoms with van der Waals surface area (Å²) in [5.41, 5.74) is 6.56. The third kappa shape index (κ3) is 3.05. The van der Waals surface area contributed by atoms with Gasteiger partial charge < -0.3 is 11.1 Å². The highest BCUT2D eigenvalue weighted by atomic mass is 35.5. The molecule has 2 atom stereocenters. The van der Waals surface area contributed by atoms with Crippen LogP contribution in [0.5, 0.6) is 0 Å². The van der Waals surface area contributed by atoms with E-state index in [4.69, 9.17) is 28.9 Å². The molecule has 0 aromatic heterocycles. The molecule has 0 radical (unpaired) electrons. The third-order valence-electron chi connectivity index (χ3n) is 2.10. The van der Waals surface area contributed by atoms with E-state index in [0.29, 0.717) is 10.0 Å². The molecule has 0 spiro atoms. The fourth-order valence-corrected chi connectivity index (χ4v) is 1.33. The van der Waals surface area contributed by atoms with Crippen molar-refractivity contribution in [3.8, 4) is 0 Å². The summed E-state index contributed by atoms with van der Waals surface area (Å²) >= 11 is 11.8. The van der Waals surface area contributed by atoms with Crippen molar-refractivity contribution >= 4 is 28.9 Å². The molecule has 0 saturated carbocycles. The number of benzene rings is 1. The lowest BCUT2D eigenvalue weighted by atomic mass is 10.2. The molecule has 78 valence electrons. The normalized spacial score (nSPS) is 14.9. The van der Waals surface area contributed by atoms with Crippen LogP contribution in [0.4, 0.5) is 5.69 Å². The number of rotatable bonds is 3. The van der Waals surface area contributed by atoms with Crippen LogP contribution in [0.1, 0.15) is 13.8 Å². The molecule has 0 aliphatic carbocycles. The van der Waals surface area contributed by atoms with Crippen LogP contribution in [0, 0.1) is 0 Å². The van der Waals surface area contributed by atoms with E-state index in [1.807, 2.05) is 13.8 Å². The van der Waals surface area contributed by atoms with Gasteiger partial charge in [-0.15, -0.1) is 0 Å². The molecule has 0 heterocycles. The molecule has 2 unspecified atom stereocenters. The highest BCUT2D eigenvalue weighted by molar-refractivity contribution is 6.35. The molecule has 2 nitrogen and oxygen atoms in total. The SMILES string of the molecule is CC(N)C(C)Nc1cc(Cl)ccc1Cl. The van der Waals surface area contributed by atoms with Crippen LogP contribution in [0.2, 0.25) is 10.0 Å². The lowest BCUT2D eigenvalue weighted by Crippen LogP contribution is -2.35. The Hall–Kier alpha value is -0.440. The first-order valence-electron chi connectivity index (χ1n) is 4.48.